The molecule has 8 nitrogen and oxygen atoms in total. The van der Waals surface area contributed by atoms with Crippen molar-refractivity contribution in [2.45, 2.75) is 19.6 Å². The second-order valence-electron chi connectivity index (χ2n) is 5.55. The zero-order chi connectivity index (χ0) is 16.9. The highest BCUT2D eigenvalue weighted by Gasteiger charge is 2.27. The van der Waals surface area contributed by atoms with Gasteiger partial charge in [-0.3, -0.25) is 14.6 Å². The van der Waals surface area contributed by atoms with E-state index in [9.17, 15) is 9.59 Å². The van der Waals surface area contributed by atoms with Crippen molar-refractivity contribution >= 4 is 11.8 Å². The van der Waals surface area contributed by atoms with Crippen LogP contribution in [0, 0.1) is 0 Å². The lowest BCUT2D eigenvalue weighted by atomic mass is 10.2. The van der Waals surface area contributed by atoms with Crippen LogP contribution in [0.2, 0.25) is 0 Å². The van der Waals surface area contributed by atoms with Crippen molar-refractivity contribution in [1.82, 2.24) is 25.2 Å². The van der Waals surface area contributed by atoms with Crippen LogP contribution >= 0.6 is 0 Å². The molecule has 3 heterocycles. The Morgan fingerprint density at radius 3 is 2.96 bits per heavy atom. The van der Waals surface area contributed by atoms with Crippen molar-refractivity contribution < 1.29 is 14.3 Å². The Hall–Kier alpha value is -2.74. The summed E-state index contributed by atoms with van der Waals surface area (Å²) >= 11 is 0. The Labute approximate surface area is 139 Å². The fourth-order valence-corrected chi connectivity index (χ4v) is 2.53. The molecule has 2 N–H and O–H groups in total. The number of carbonyl (C=O) groups excluding carboxylic acids is 2. The predicted molar refractivity (Wildman–Crippen MR) is 84.9 cm³/mol. The third kappa shape index (κ3) is 3.77. The van der Waals surface area contributed by atoms with Gasteiger partial charge in [-0.2, -0.15) is 0 Å². The summed E-state index contributed by atoms with van der Waals surface area (Å²) in [6.45, 7) is 3.26. The third-order valence-corrected chi connectivity index (χ3v) is 3.76. The average molecular weight is 329 g/mol. The number of amides is 2. The second-order valence-corrected chi connectivity index (χ2v) is 5.55. The first-order valence-electron chi connectivity index (χ1n) is 7.72. The van der Waals surface area contributed by atoms with Crippen LogP contribution in [0.1, 0.15) is 34.9 Å². The number of rotatable bonds is 4. The molecular weight excluding hydrogens is 310 g/mol. The lowest BCUT2D eigenvalue weighted by Crippen LogP contribution is -2.42. The highest BCUT2D eigenvalue weighted by molar-refractivity contribution is 5.94. The highest BCUT2D eigenvalue weighted by Crippen LogP contribution is 2.21. The molecule has 2 aromatic heterocycles. The van der Waals surface area contributed by atoms with Crippen LogP contribution in [-0.4, -0.2) is 51.4 Å². The molecule has 0 saturated carbocycles. The maximum Gasteiger partial charge on any atom is 0.254 e. The zero-order valence-corrected chi connectivity index (χ0v) is 13.4. The fourth-order valence-electron chi connectivity index (χ4n) is 2.53. The van der Waals surface area contributed by atoms with Gasteiger partial charge in [0.05, 0.1) is 31.6 Å². The van der Waals surface area contributed by atoms with Gasteiger partial charge >= 0.3 is 0 Å². The molecule has 8 heteroatoms. The lowest BCUT2D eigenvalue weighted by molar-refractivity contribution is -0.119. The standard InChI is InChI=1S/C16H19N5O3/c1-11(22)18-8-13-9-19-15(20-13)14-10-21(6-7-24-14)16(23)12-2-4-17-5-3-12/h2-5,9,14H,6-8,10H2,1H3,(H,18,22)(H,19,20)/t14-/m1/s1. The maximum atomic E-state index is 12.5. The smallest absolute Gasteiger partial charge is 0.254 e. The summed E-state index contributed by atoms with van der Waals surface area (Å²) in [6, 6.07) is 3.40. The Morgan fingerprint density at radius 1 is 1.42 bits per heavy atom. The largest absolute Gasteiger partial charge is 0.367 e. The molecule has 1 saturated heterocycles. The van der Waals surface area contributed by atoms with Gasteiger partial charge in [0, 0.05) is 31.4 Å². The Kier molecular flexibility index (Phi) is 4.85. The van der Waals surface area contributed by atoms with E-state index in [0.29, 0.717) is 37.6 Å². The van der Waals surface area contributed by atoms with E-state index in [0.717, 1.165) is 5.69 Å². The van der Waals surface area contributed by atoms with E-state index < -0.39 is 0 Å². The van der Waals surface area contributed by atoms with Crippen molar-refractivity contribution in [3.8, 4) is 0 Å². The van der Waals surface area contributed by atoms with E-state index >= 15 is 0 Å². The molecular formula is C16H19N5O3. The summed E-state index contributed by atoms with van der Waals surface area (Å²) in [5.41, 5.74) is 1.40. The number of nitrogens with one attached hydrogen (secondary N) is 2. The van der Waals surface area contributed by atoms with Crippen molar-refractivity contribution in [2.75, 3.05) is 19.7 Å². The molecule has 1 aliphatic heterocycles. The minimum Gasteiger partial charge on any atom is -0.367 e. The van der Waals surface area contributed by atoms with E-state index in [1.807, 2.05) is 0 Å². The number of H-pyrrole nitrogens is 1. The Bertz CT molecular complexity index is 716. The van der Waals surface area contributed by atoms with Gasteiger partial charge in [-0.15, -0.1) is 0 Å². The summed E-state index contributed by atoms with van der Waals surface area (Å²) in [5, 5.41) is 2.71. The monoisotopic (exact) mass is 329 g/mol. The first-order chi connectivity index (χ1) is 11.6. The molecule has 126 valence electrons. The van der Waals surface area contributed by atoms with Crippen LogP contribution in [0.4, 0.5) is 0 Å². The molecule has 0 bridgehead atoms. The molecule has 1 atom stereocenters. The minimum absolute atomic E-state index is 0.0456. The summed E-state index contributed by atoms with van der Waals surface area (Å²) < 4.78 is 5.73. The normalized spacial score (nSPS) is 17.5. The molecule has 0 aliphatic carbocycles. The number of ether oxygens (including phenoxy) is 1. The van der Waals surface area contributed by atoms with Crippen LogP contribution in [0.15, 0.2) is 30.7 Å². The molecule has 0 unspecified atom stereocenters. The number of morpholine rings is 1. The minimum atomic E-state index is -0.310. The number of carbonyl (C=O) groups is 2. The SMILES string of the molecule is CC(=O)NCc1cnc([C@H]2CN(C(=O)c3ccncc3)CCO2)[nH]1. The van der Waals surface area contributed by atoms with Crippen LogP contribution in [0.3, 0.4) is 0 Å². The van der Waals surface area contributed by atoms with Crippen molar-refractivity contribution in [2.24, 2.45) is 0 Å². The number of nitrogens with zero attached hydrogens (tertiary/aromatic N) is 3. The molecule has 0 aromatic carbocycles. The van der Waals surface area contributed by atoms with Crippen LogP contribution in [-0.2, 0) is 16.1 Å². The maximum absolute atomic E-state index is 12.5. The molecule has 1 fully saturated rings. The Balaban J connectivity index is 1.65. The van der Waals surface area contributed by atoms with Crippen LogP contribution in [0.25, 0.3) is 0 Å². The van der Waals surface area contributed by atoms with Crippen molar-refractivity contribution in [3.05, 3.63) is 47.8 Å². The number of aromatic amines is 1. The van der Waals surface area contributed by atoms with Gasteiger partial charge in [0.1, 0.15) is 11.9 Å². The first-order valence-corrected chi connectivity index (χ1v) is 7.72. The summed E-state index contributed by atoms with van der Waals surface area (Å²) in [7, 11) is 0. The van der Waals surface area contributed by atoms with Crippen LogP contribution < -0.4 is 5.32 Å². The summed E-state index contributed by atoms with van der Waals surface area (Å²) in [6.07, 6.45) is 4.56. The van der Waals surface area contributed by atoms with Gasteiger partial charge in [-0.05, 0) is 12.1 Å². The second kappa shape index (κ2) is 7.22. The van der Waals surface area contributed by atoms with Gasteiger partial charge in [0.15, 0.2) is 0 Å². The van der Waals surface area contributed by atoms with E-state index in [2.05, 4.69) is 20.3 Å². The summed E-state index contributed by atoms with van der Waals surface area (Å²) in [5.74, 6) is 0.507. The van der Waals surface area contributed by atoms with Crippen molar-refractivity contribution in [1.29, 1.82) is 0 Å². The van der Waals surface area contributed by atoms with Gasteiger partial charge in [0.2, 0.25) is 5.91 Å². The fraction of sp³-hybridized carbons (Fsp3) is 0.375. The number of imidazole rings is 1. The molecule has 0 radical (unpaired) electrons. The number of hydrogen-bond acceptors (Lipinski definition) is 5. The van der Waals surface area contributed by atoms with Crippen LogP contribution in [0.5, 0.6) is 0 Å². The van der Waals surface area contributed by atoms with Gasteiger partial charge in [-0.1, -0.05) is 0 Å². The third-order valence-electron chi connectivity index (χ3n) is 3.76. The number of pyridine rings is 1. The highest BCUT2D eigenvalue weighted by atomic mass is 16.5. The van der Waals surface area contributed by atoms with Gasteiger partial charge in [-0.25, -0.2) is 4.98 Å². The Morgan fingerprint density at radius 2 is 2.21 bits per heavy atom. The van der Waals surface area contributed by atoms with E-state index in [1.54, 1.807) is 35.6 Å². The topological polar surface area (TPSA) is 100 Å². The molecule has 2 aromatic rings. The molecule has 2 amide bonds. The average Bonchev–Trinajstić information content (AvgIpc) is 3.09. The number of aromatic nitrogens is 3. The van der Waals surface area contributed by atoms with Crippen molar-refractivity contribution in [3.63, 3.8) is 0 Å². The molecule has 1 aliphatic rings. The first kappa shape index (κ1) is 16.1. The zero-order valence-electron chi connectivity index (χ0n) is 13.4. The lowest BCUT2D eigenvalue weighted by Gasteiger charge is -2.32. The molecule has 0 spiro atoms. The molecule has 24 heavy (non-hydrogen) atoms. The number of hydrogen-bond donors (Lipinski definition) is 2. The van der Waals surface area contributed by atoms with E-state index in [-0.39, 0.29) is 17.9 Å². The quantitative estimate of drug-likeness (QED) is 0.858. The van der Waals surface area contributed by atoms with E-state index in [4.69, 9.17) is 4.74 Å². The molecule has 3 rings (SSSR count). The van der Waals surface area contributed by atoms with Gasteiger partial charge in [0.25, 0.3) is 5.91 Å². The van der Waals surface area contributed by atoms with Gasteiger partial charge < -0.3 is 19.9 Å². The van der Waals surface area contributed by atoms with E-state index in [1.165, 1.54) is 6.92 Å². The summed E-state index contributed by atoms with van der Waals surface area (Å²) in [4.78, 5) is 36.6. The predicted octanol–water partition coefficient (Wildman–Crippen LogP) is 0.654.